The van der Waals surface area contributed by atoms with Crippen LogP contribution >= 0.6 is 11.8 Å². The number of rotatable bonds is 3. The Morgan fingerprint density at radius 3 is 2.80 bits per heavy atom. The Labute approximate surface area is 122 Å². The minimum absolute atomic E-state index is 0.569. The fourth-order valence-electron chi connectivity index (χ4n) is 2.54. The molecule has 2 aromatic heterocycles. The summed E-state index contributed by atoms with van der Waals surface area (Å²) in [5.41, 5.74) is 5.72. The molecule has 1 aromatic carbocycles. The van der Waals surface area contributed by atoms with Gasteiger partial charge in [0.25, 0.3) is 5.89 Å². The highest BCUT2D eigenvalue weighted by Crippen LogP contribution is 2.31. The number of hydrogen-bond acceptors (Lipinski definition) is 4. The highest BCUT2D eigenvalue weighted by Gasteiger charge is 2.16. The van der Waals surface area contributed by atoms with E-state index < -0.39 is 0 Å². The van der Waals surface area contributed by atoms with E-state index in [1.807, 2.05) is 6.26 Å². The number of aryl methyl sites for hydroxylation is 3. The van der Waals surface area contributed by atoms with Gasteiger partial charge in [0.2, 0.25) is 0 Å². The topological polar surface area (TPSA) is 54.7 Å². The second kappa shape index (κ2) is 4.98. The molecule has 2 heterocycles. The Bertz CT molecular complexity index is 773. The number of fused-ring (bicyclic) bond motifs is 1. The van der Waals surface area contributed by atoms with E-state index in [0.717, 1.165) is 28.4 Å². The average molecular weight is 287 g/mol. The Hall–Kier alpha value is -1.75. The summed E-state index contributed by atoms with van der Waals surface area (Å²) in [4.78, 5) is 7.88. The standard InChI is InChI=1S/C15H17N3OS/c1-8-5-9(2)13-11(6-8)10(3)14(17-13)15-16-12(7-20-4)18-19-15/h5-6,17H,7H2,1-4H3. The Morgan fingerprint density at radius 2 is 2.05 bits per heavy atom. The molecule has 0 fully saturated rings. The predicted octanol–water partition coefficient (Wildman–Crippen LogP) is 4.01. The van der Waals surface area contributed by atoms with Gasteiger partial charge in [-0.1, -0.05) is 16.8 Å². The molecule has 4 nitrogen and oxygen atoms in total. The zero-order valence-corrected chi connectivity index (χ0v) is 12.9. The van der Waals surface area contributed by atoms with E-state index in [9.17, 15) is 0 Å². The first-order valence-corrected chi connectivity index (χ1v) is 7.91. The third kappa shape index (κ3) is 2.12. The van der Waals surface area contributed by atoms with Crippen LogP contribution in [0, 0.1) is 20.8 Å². The number of H-pyrrole nitrogens is 1. The molecule has 20 heavy (non-hydrogen) atoms. The molecular formula is C15H17N3OS. The number of aromatic nitrogens is 3. The molecule has 0 aliphatic rings. The van der Waals surface area contributed by atoms with Gasteiger partial charge in [-0.2, -0.15) is 16.7 Å². The molecule has 104 valence electrons. The lowest BCUT2D eigenvalue weighted by molar-refractivity contribution is 0.424. The SMILES string of the molecule is CSCc1noc(-c2[nH]c3c(C)cc(C)cc3c2C)n1. The monoisotopic (exact) mass is 287 g/mol. The van der Waals surface area contributed by atoms with Crippen LogP contribution in [0.4, 0.5) is 0 Å². The van der Waals surface area contributed by atoms with Crippen LogP contribution in [0.15, 0.2) is 16.7 Å². The van der Waals surface area contributed by atoms with Crippen molar-refractivity contribution in [1.29, 1.82) is 0 Å². The van der Waals surface area contributed by atoms with Crippen molar-refractivity contribution in [1.82, 2.24) is 15.1 Å². The summed E-state index contributed by atoms with van der Waals surface area (Å²) in [6.45, 7) is 6.31. The predicted molar refractivity (Wildman–Crippen MR) is 83.0 cm³/mol. The van der Waals surface area contributed by atoms with E-state index in [4.69, 9.17) is 4.52 Å². The first-order chi connectivity index (χ1) is 9.60. The lowest BCUT2D eigenvalue weighted by Crippen LogP contribution is -1.84. The largest absolute Gasteiger partial charge is 0.350 e. The molecular weight excluding hydrogens is 270 g/mol. The van der Waals surface area contributed by atoms with Gasteiger partial charge in [0.1, 0.15) is 5.69 Å². The highest BCUT2D eigenvalue weighted by molar-refractivity contribution is 7.97. The first kappa shape index (κ1) is 13.2. The zero-order chi connectivity index (χ0) is 14.3. The average Bonchev–Trinajstić information content (AvgIpc) is 2.96. The van der Waals surface area contributed by atoms with E-state index in [1.165, 1.54) is 16.5 Å². The van der Waals surface area contributed by atoms with Crippen LogP contribution < -0.4 is 0 Å². The van der Waals surface area contributed by atoms with Crippen LogP contribution in [0.25, 0.3) is 22.5 Å². The molecule has 0 amide bonds. The second-order valence-corrected chi connectivity index (χ2v) is 5.94. The molecule has 0 spiro atoms. The number of hydrogen-bond donors (Lipinski definition) is 1. The Balaban J connectivity index is 2.16. The summed E-state index contributed by atoms with van der Waals surface area (Å²) >= 11 is 1.68. The molecule has 0 saturated carbocycles. The summed E-state index contributed by atoms with van der Waals surface area (Å²) in [5, 5.41) is 5.23. The number of aromatic amines is 1. The van der Waals surface area contributed by atoms with Crippen molar-refractivity contribution in [2.45, 2.75) is 26.5 Å². The van der Waals surface area contributed by atoms with Crippen LogP contribution in [0.2, 0.25) is 0 Å². The van der Waals surface area contributed by atoms with Gasteiger partial charge >= 0.3 is 0 Å². The van der Waals surface area contributed by atoms with Crippen molar-refractivity contribution in [2.24, 2.45) is 0 Å². The van der Waals surface area contributed by atoms with E-state index in [2.05, 4.69) is 48.0 Å². The number of nitrogens with one attached hydrogen (secondary N) is 1. The van der Waals surface area contributed by atoms with E-state index in [0.29, 0.717) is 5.89 Å². The lowest BCUT2D eigenvalue weighted by Gasteiger charge is -1.99. The fraction of sp³-hybridized carbons (Fsp3) is 0.333. The van der Waals surface area contributed by atoms with Gasteiger partial charge in [0, 0.05) is 10.9 Å². The van der Waals surface area contributed by atoms with E-state index in [1.54, 1.807) is 11.8 Å². The van der Waals surface area contributed by atoms with Crippen LogP contribution in [-0.2, 0) is 5.75 Å². The van der Waals surface area contributed by atoms with E-state index >= 15 is 0 Å². The van der Waals surface area contributed by atoms with Gasteiger partial charge in [-0.25, -0.2) is 0 Å². The smallest absolute Gasteiger partial charge is 0.274 e. The van der Waals surface area contributed by atoms with Crippen molar-refractivity contribution < 1.29 is 4.52 Å². The molecule has 0 bridgehead atoms. The maximum atomic E-state index is 5.38. The van der Waals surface area contributed by atoms with Gasteiger partial charge in [-0.15, -0.1) is 0 Å². The summed E-state index contributed by atoms with van der Waals surface area (Å²) in [6, 6.07) is 4.37. The third-order valence-corrected chi connectivity index (χ3v) is 4.01. The molecule has 0 unspecified atom stereocenters. The summed E-state index contributed by atoms with van der Waals surface area (Å²) in [7, 11) is 0. The van der Waals surface area contributed by atoms with Crippen molar-refractivity contribution in [2.75, 3.05) is 6.26 Å². The number of thioether (sulfide) groups is 1. The molecule has 0 aliphatic carbocycles. The molecule has 0 saturated heterocycles. The van der Waals surface area contributed by atoms with Crippen LogP contribution in [0.5, 0.6) is 0 Å². The second-order valence-electron chi connectivity index (χ2n) is 5.08. The minimum atomic E-state index is 0.569. The fourth-order valence-corrected chi connectivity index (χ4v) is 2.92. The molecule has 3 aromatic rings. The number of nitrogens with zero attached hydrogens (tertiary/aromatic N) is 2. The van der Waals surface area contributed by atoms with Crippen LogP contribution in [0.3, 0.4) is 0 Å². The lowest BCUT2D eigenvalue weighted by atomic mass is 10.1. The molecule has 0 atom stereocenters. The van der Waals surface area contributed by atoms with E-state index in [-0.39, 0.29) is 0 Å². The van der Waals surface area contributed by atoms with Gasteiger partial charge in [0.15, 0.2) is 5.82 Å². The normalized spacial score (nSPS) is 11.4. The molecule has 3 rings (SSSR count). The molecule has 1 N–H and O–H groups in total. The number of benzene rings is 1. The molecule has 5 heteroatoms. The minimum Gasteiger partial charge on any atom is -0.350 e. The van der Waals surface area contributed by atoms with Gasteiger partial charge < -0.3 is 9.51 Å². The van der Waals surface area contributed by atoms with Gasteiger partial charge in [-0.3, -0.25) is 0 Å². The molecule has 0 aliphatic heterocycles. The maximum absolute atomic E-state index is 5.38. The first-order valence-electron chi connectivity index (χ1n) is 6.51. The zero-order valence-electron chi connectivity index (χ0n) is 12.1. The van der Waals surface area contributed by atoms with Crippen molar-refractivity contribution in [3.63, 3.8) is 0 Å². The molecule has 0 radical (unpaired) electrons. The third-order valence-electron chi connectivity index (χ3n) is 3.46. The maximum Gasteiger partial charge on any atom is 0.274 e. The summed E-state index contributed by atoms with van der Waals surface area (Å²) in [5.74, 6) is 2.07. The summed E-state index contributed by atoms with van der Waals surface area (Å²) in [6.07, 6.45) is 2.02. The van der Waals surface area contributed by atoms with Crippen molar-refractivity contribution in [3.8, 4) is 11.6 Å². The summed E-state index contributed by atoms with van der Waals surface area (Å²) < 4.78 is 5.38. The van der Waals surface area contributed by atoms with Crippen LogP contribution in [0.1, 0.15) is 22.5 Å². The quantitative estimate of drug-likeness (QED) is 0.791. The van der Waals surface area contributed by atoms with Crippen molar-refractivity contribution >= 4 is 22.7 Å². The van der Waals surface area contributed by atoms with Crippen molar-refractivity contribution in [3.05, 3.63) is 34.6 Å². The van der Waals surface area contributed by atoms with Gasteiger partial charge in [0.05, 0.1) is 5.75 Å². The Kier molecular flexibility index (Phi) is 3.30. The van der Waals surface area contributed by atoms with Gasteiger partial charge in [-0.05, 0) is 44.2 Å². The highest BCUT2D eigenvalue weighted by atomic mass is 32.2. The van der Waals surface area contributed by atoms with Crippen LogP contribution in [-0.4, -0.2) is 21.4 Å². The Morgan fingerprint density at radius 1 is 1.25 bits per heavy atom.